The van der Waals surface area contributed by atoms with Crippen LogP contribution in [0.4, 0.5) is 0 Å². The Morgan fingerprint density at radius 1 is 1.30 bits per heavy atom. The van der Waals surface area contributed by atoms with E-state index in [-0.39, 0.29) is 15.3 Å². The van der Waals surface area contributed by atoms with Gasteiger partial charge >= 0.3 is 0 Å². The third kappa shape index (κ3) is 3.97. The molecule has 1 saturated carbocycles. The third-order valence-electron chi connectivity index (χ3n) is 3.93. The van der Waals surface area contributed by atoms with E-state index < -0.39 is 10.0 Å². The van der Waals surface area contributed by atoms with Gasteiger partial charge < -0.3 is 0 Å². The fourth-order valence-electron chi connectivity index (χ4n) is 2.62. The molecule has 20 heavy (non-hydrogen) atoms. The van der Waals surface area contributed by atoms with Gasteiger partial charge in [-0.15, -0.1) is 0 Å². The fraction of sp³-hybridized carbons (Fsp3) is 0.571. The molecule has 1 aliphatic carbocycles. The maximum absolute atomic E-state index is 12.3. The van der Waals surface area contributed by atoms with Gasteiger partial charge in [0.25, 0.3) is 0 Å². The van der Waals surface area contributed by atoms with Crippen molar-refractivity contribution in [2.45, 2.75) is 43.9 Å². The van der Waals surface area contributed by atoms with Gasteiger partial charge in [0.15, 0.2) is 0 Å². The first-order chi connectivity index (χ1) is 9.32. The highest BCUT2D eigenvalue weighted by molar-refractivity contribution is 9.10. The molecule has 0 aromatic heterocycles. The molecule has 1 N–H and O–H groups in total. The van der Waals surface area contributed by atoms with Crippen molar-refractivity contribution in [1.82, 2.24) is 4.72 Å². The van der Waals surface area contributed by atoms with Crippen LogP contribution in [0.1, 0.15) is 39.0 Å². The average molecular weight is 381 g/mol. The summed E-state index contributed by atoms with van der Waals surface area (Å²) in [7, 11) is -3.55. The molecule has 0 aliphatic heterocycles. The van der Waals surface area contributed by atoms with Crippen LogP contribution in [-0.2, 0) is 10.0 Å². The molecule has 0 atom stereocenters. The Balaban J connectivity index is 2.11. The van der Waals surface area contributed by atoms with E-state index in [9.17, 15) is 8.42 Å². The van der Waals surface area contributed by atoms with Gasteiger partial charge in [-0.25, -0.2) is 13.1 Å². The van der Waals surface area contributed by atoms with Crippen LogP contribution in [0.2, 0.25) is 5.02 Å². The van der Waals surface area contributed by atoms with Gasteiger partial charge in [0.05, 0.1) is 5.02 Å². The Morgan fingerprint density at radius 3 is 2.55 bits per heavy atom. The largest absolute Gasteiger partial charge is 0.242 e. The van der Waals surface area contributed by atoms with E-state index in [1.165, 1.54) is 25.3 Å². The number of halogens is 2. The molecule has 112 valence electrons. The van der Waals surface area contributed by atoms with E-state index in [1.54, 1.807) is 12.1 Å². The van der Waals surface area contributed by atoms with E-state index in [1.807, 2.05) is 0 Å². The summed E-state index contributed by atoms with van der Waals surface area (Å²) < 4.78 is 28.2. The summed E-state index contributed by atoms with van der Waals surface area (Å²) in [6, 6.07) is 4.80. The minimum atomic E-state index is -3.55. The first kappa shape index (κ1) is 16.3. The Morgan fingerprint density at radius 2 is 1.95 bits per heavy atom. The van der Waals surface area contributed by atoms with Gasteiger partial charge in [0, 0.05) is 11.0 Å². The van der Waals surface area contributed by atoms with Crippen molar-refractivity contribution < 1.29 is 8.42 Å². The van der Waals surface area contributed by atoms with Gasteiger partial charge in [-0.1, -0.05) is 53.7 Å². The molecule has 2 rings (SSSR count). The predicted octanol–water partition coefficient (Wildman–Crippen LogP) is 4.35. The molecule has 0 radical (unpaired) electrons. The topological polar surface area (TPSA) is 46.2 Å². The second kappa shape index (κ2) is 6.34. The molecule has 0 saturated heterocycles. The van der Waals surface area contributed by atoms with Crippen LogP contribution >= 0.6 is 27.5 Å². The average Bonchev–Trinajstić information content (AvgIpc) is 2.37. The first-order valence-corrected chi connectivity index (χ1v) is 9.43. The second-order valence-corrected chi connectivity index (χ2v) is 8.83. The lowest BCUT2D eigenvalue weighted by atomic mass is 9.76. The number of hydrogen-bond donors (Lipinski definition) is 1. The molecule has 0 spiro atoms. The van der Waals surface area contributed by atoms with Crippen LogP contribution in [0.25, 0.3) is 0 Å². The Bertz CT molecular complexity index is 583. The highest BCUT2D eigenvalue weighted by Gasteiger charge is 2.29. The minimum Gasteiger partial charge on any atom is -0.211 e. The lowest BCUT2D eigenvalue weighted by Crippen LogP contribution is -2.37. The zero-order valence-electron chi connectivity index (χ0n) is 11.5. The van der Waals surface area contributed by atoms with Crippen LogP contribution in [0.3, 0.4) is 0 Å². The number of benzene rings is 1. The lowest BCUT2D eigenvalue weighted by Gasteiger charge is -2.33. The van der Waals surface area contributed by atoms with Gasteiger partial charge in [-0.3, -0.25) is 0 Å². The molecular weight excluding hydrogens is 362 g/mol. The van der Waals surface area contributed by atoms with Crippen LogP contribution in [0.5, 0.6) is 0 Å². The Hall–Kier alpha value is -0.100. The van der Waals surface area contributed by atoms with Crippen LogP contribution in [-0.4, -0.2) is 15.0 Å². The van der Waals surface area contributed by atoms with Crippen molar-refractivity contribution in [1.29, 1.82) is 0 Å². The fourth-order valence-corrected chi connectivity index (χ4v) is 4.86. The van der Waals surface area contributed by atoms with E-state index in [4.69, 9.17) is 11.6 Å². The Labute approximate surface area is 134 Å². The van der Waals surface area contributed by atoms with Crippen molar-refractivity contribution in [2.75, 3.05) is 6.54 Å². The molecular formula is C14H19BrClNO2S. The number of sulfonamides is 1. The van der Waals surface area contributed by atoms with Gasteiger partial charge in [-0.05, 0) is 36.5 Å². The molecule has 1 aromatic rings. The summed E-state index contributed by atoms with van der Waals surface area (Å²) in [6.45, 7) is 2.62. The molecule has 6 heteroatoms. The van der Waals surface area contributed by atoms with Crippen molar-refractivity contribution in [2.24, 2.45) is 5.41 Å². The standard InChI is InChI=1S/C14H19BrClNO2S/c1-14(7-3-2-4-8-14)10-17-20(18,19)13-6-5-11(15)9-12(13)16/h5-6,9,17H,2-4,7-8,10H2,1H3. The van der Waals surface area contributed by atoms with E-state index in [2.05, 4.69) is 27.6 Å². The van der Waals surface area contributed by atoms with Crippen LogP contribution < -0.4 is 4.72 Å². The molecule has 0 amide bonds. The monoisotopic (exact) mass is 379 g/mol. The third-order valence-corrected chi connectivity index (χ3v) is 6.31. The normalized spacial score (nSPS) is 18.9. The van der Waals surface area contributed by atoms with Crippen molar-refractivity contribution in [3.63, 3.8) is 0 Å². The lowest BCUT2D eigenvalue weighted by molar-refractivity contribution is 0.219. The number of hydrogen-bond acceptors (Lipinski definition) is 2. The molecule has 1 aliphatic rings. The smallest absolute Gasteiger partial charge is 0.211 e. The molecule has 0 bridgehead atoms. The highest BCUT2D eigenvalue weighted by Crippen LogP contribution is 2.35. The van der Waals surface area contributed by atoms with Crippen LogP contribution in [0, 0.1) is 5.41 Å². The predicted molar refractivity (Wildman–Crippen MR) is 85.5 cm³/mol. The highest BCUT2D eigenvalue weighted by atomic mass is 79.9. The number of rotatable bonds is 4. The summed E-state index contributed by atoms with van der Waals surface area (Å²) in [5.41, 5.74) is 0.0627. The summed E-state index contributed by atoms with van der Waals surface area (Å²) >= 11 is 9.29. The second-order valence-electron chi connectivity index (χ2n) is 5.77. The number of nitrogens with one attached hydrogen (secondary N) is 1. The maximum atomic E-state index is 12.3. The molecule has 3 nitrogen and oxygen atoms in total. The van der Waals surface area contributed by atoms with Crippen LogP contribution in [0.15, 0.2) is 27.6 Å². The summed E-state index contributed by atoms with van der Waals surface area (Å²) in [6.07, 6.45) is 5.75. The minimum absolute atomic E-state index is 0.0627. The zero-order valence-corrected chi connectivity index (χ0v) is 14.6. The van der Waals surface area contributed by atoms with E-state index in [0.29, 0.717) is 6.54 Å². The van der Waals surface area contributed by atoms with Gasteiger partial charge in [0.1, 0.15) is 4.90 Å². The summed E-state index contributed by atoms with van der Waals surface area (Å²) in [5, 5.41) is 0.237. The van der Waals surface area contributed by atoms with Gasteiger partial charge in [0.2, 0.25) is 10.0 Å². The molecule has 1 aromatic carbocycles. The zero-order chi connectivity index (χ0) is 14.8. The molecule has 0 unspecified atom stereocenters. The van der Waals surface area contributed by atoms with E-state index in [0.717, 1.165) is 17.3 Å². The van der Waals surface area contributed by atoms with Gasteiger partial charge in [-0.2, -0.15) is 0 Å². The first-order valence-electron chi connectivity index (χ1n) is 6.77. The maximum Gasteiger partial charge on any atom is 0.242 e. The summed E-state index contributed by atoms with van der Waals surface area (Å²) in [5.74, 6) is 0. The van der Waals surface area contributed by atoms with Crippen molar-refractivity contribution in [3.05, 3.63) is 27.7 Å². The van der Waals surface area contributed by atoms with E-state index >= 15 is 0 Å². The summed E-state index contributed by atoms with van der Waals surface area (Å²) in [4.78, 5) is 0.141. The Kier molecular flexibility index (Phi) is 5.16. The SMILES string of the molecule is CC1(CNS(=O)(=O)c2ccc(Br)cc2Cl)CCCCC1. The van der Waals surface area contributed by atoms with Crippen molar-refractivity contribution in [3.8, 4) is 0 Å². The molecule has 0 heterocycles. The van der Waals surface area contributed by atoms with Crippen molar-refractivity contribution >= 4 is 37.6 Å². The molecule has 1 fully saturated rings. The quantitative estimate of drug-likeness (QED) is 0.844.